The van der Waals surface area contributed by atoms with Gasteiger partial charge in [-0.05, 0) is 57.8 Å². The Balaban J connectivity index is 1.83. The Hall–Kier alpha value is -1.79. The molecule has 0 spiro atoms. The lowest BCUT2D eigenvalue weighted by atomic mass is 9.97. The van der Waals surface area contributed by atoms with Crippen molar-refractivity contribution in [3.05, 3.63) is 36.5 Å². The fourth-order valence-electron chi connectivity index (χ4n) is 8.65. The molecule has 14 nitrogen and oxygen atoms in total. The van der Waals surface area contributed by atoms with E-state index in [0.717, 1.165) is 51.4 Å². The van der Waals surface area contributed by atoms with Crippen molar-refractivity contribution in [2.24, 2.45) is 0 Å². The summed E-state index contributed by atoms with van der Waals surface area (Å²) < 4.78 is 22.7. The normalized spacial score (nSPS) is 26.8. The van der Waals surface area contributed by atoms with Crippen LogP contribution in [0.15, 0.2) is 36.5 Å². The summed E-state index contributed by atoms with van der Waals surface area (Å²) in [4.78, 5) is 13.1. The molecule has 12 unspecified atom stereocenters. The van der Waals surface area contributed by atoms with Gasteiger partial charge in [-0.15, -0.1) is 0 Å². The number of amides is 1. The van der Waals surface area contributed by atoms with E-state index in [4.69, 9.17) is 18.9 Å². The first-order chi connectivity index (χ1) is 32.6. The molecule has 0 aromatic rings. The molecule has 2 rings (SSSR count). The predicted octanol–water partition coefficient (Wildman–Crippen LogP) is 7.49. The van der Waals surface area contributed by atoms with Crippen LogP contribution in [0.3, 0.4) is 0 Å². The minimum absolute atomic E-state index is 0.260. The van der Waals surface area contributed by atoms with E-state index in [-0.39, 0.29) is 18.9 Å². The van der Waals surface area contributed by atoms with Gasteiger partial charge in [0.15, 0.2) is 12.6 Å². The van der Waals surface area contributed by atoms with Crippen molar-refractivity contribution in [3.63, 3.8) is 0 Å². The van der Waals surface area contributed by atoms with E-state index >= 15 is 0 Å². The van der Waals surface area contributed by atoms with Gasteiger partial charge in [-0.3, -0.25) is 4.79 Å². The lowest BCUT2D eigenvalue weighted by Crippen LogP contribution is -2.65. The number of nitrogens with one attached hydrogen (secondary N) is 1. The molecule has 0 aromatic carbocycles. The average molecular weight is 956 g/mol. The van der Waals surface area contributed by atoms with E-state index in [0.29, 0.717) is 12.8 Å². The highest BCUT2D eigenvalue weighted by molar-refractivity contribution is 5.76. The number of ether oxygens (including phenoxy) is 4. The smallest absolute Gasteiger partial charge is 0.220 e. The molecule has 2 saturated heterocycles. The molecule has 1 amide bonds. The topological polar surface area (TPSA) is 228 Å². The Morgan fingerprint density at radius 3 is 1.49 bits per heavy atom. The van der Waals surface area contributed by atoms with Crippen molar-refractivity contribution in [1.82, 2.24) is 5.32 Å². The molecule has 2 aliphatic rings. The fraction of sp³-hybridized carbons (Fsp3) is 0.868. The van der Waals surface area contributed by atoms with Gasteiger partial charge in [-0.1, -0.05) is 172 Å². The van der Waals surface area contributed by atoms with Gasteiger partial charge < -0.3 is 65.1 Å². The predicted molar refractivity (Wildman–Crippen MR) is 263 cm³/mol. The highest BCUT2D eigenvalue weighted by Gasteiger charge is 2.51. The fourth-order valence-corrected chi connectivity index (χ4v) is 8.65. The molecule has 12 atom stereocenters. The molecule has 2 heterocycles. The largest absolute Gasteiger partial charge is 0.394 e. The van der Waals surface area contributed by atoms with Crippen LogP contribution in [0.1, 0.15) is 200 Å². The van der Waals surface area contributed by atoms with E-state index in [1.807, 2.05) is 6.08 Å². The third kappa shape index (κ3) is 26.8. The van der Waals surface area contributed by atoms with Crippen molar-refractivity contribution in [2.75, 3.05) is 19.8 Å². The molecule has 2 aliphatic heterocycles. The van der Waals surface area contributed by atoms with Crippen LogP contribution in [0.4, 0.5) is 0 Å². The first kappa shape index (κ1) is 61.3. The highest BCUT2D eigenvalue weighted by Crippen LogP contribution is 2.30. The SMILES string of the molecule is CCCCC/C=C\CCCCCCCC(=O)NC(COC1OC(CO)C(OC2OC(CO)C(O)C(O)C2O)C(O)C1O)C(O)/C=C/CC/C=C/CCCCCCCCCCCCCCCCC. The molecule has 9 N–H and O–H groups in total. The third-order valence-electron chi connectivity index (χ3n) is 13.0. The zero-order valence-corrected chi connectivity index (χ0v) is 41.6. The summed E-state index contributed by atoms with van der Waals surface area (Å²) in [7, 11) is 0. The molecule has 0 bridgehead atoms. The molecule has 0 saturated carbocycles. The number of aliphatic hydroxyl groups is 8. The number of rotatable bonds is 41. The summed E-state index contributed by atoms with van der Waals surface area (Å²) in [5, 5.41) is 86.7. The summed E-state index contributed by atoms with van der Waals surface area (Å²) in [6.07, 6.45) is 29.1. The summed E-state index contributed by atoms with van der Waals surface area (Å²) in [6, 6.07) is -0.933. The molecular weight excluding hydrogens is 859 g/mol. The van der Waals surface area contributed by atoms with Crippen LogP contribution in [0.5, 0.6) is 0 Å². The molecule has 0 radical (unpaired) electrons. The number of hydrogen-bond donors (Lipinski definition) is 9. The maximum atomic E-state index is 13.1. The van der Waals surface area contributed by atoms with Crippen LogP contribution >= 0.6 is 0 Å². The van der Waals surface area contributed by atoms with Crippen LogP contribution in [-0.2, 0) is 23.7 Å². The standard InChI is InChI=1S/C53H97NO13/c1-3-5-7-9-11-13-15-17-18-19-20-21-22-23-24-25-26-28-30-32-34-36-42(57)41(54-45(58)37-35-33-31-29-27-16-14-12-10-8-6-4-2)40-64-52-50(63)48(61)51(44(39-56)66-52)67-53-49(62)47(60)46(59)43(38-55)65-53/h12,14,26,28,34,36,41-44,46-53,55-57,59-63H,3-11,13,15-25,27,29-33,35,37-40H2,1-2H3,(H,54,58)/b14-12-,28-26+,36-34+. The molecular formula is C53H97NO13. The molecule has 67 heavy (non-hydrogen) atoms. The van der Waals surface area contributed by atoms with Gasteiger partial charge in [0.25, 0.3) is 0 Å². The lowest BCUT2D eigenvalue weighted by molar-refractivity contribution is -0.359. The minimum Gasteiger partial charge on any atom is -0.394 e. The molecule has 2 fully saturated rings. The van der Waals surface area contributed by atoms with E-state index in [2.05, 4.69) is 43.5 Å². The van der Waals surface area contributed by atoms with Crippen LogP contribution in [0, 0.1) is 0 Å². The average Bonchev–Trinajstić information content (AvgIpc) is 3.32. The second kappa shape index (κ2) is 39.9. The van der Waals surface area contributed by atoms with Crippen LogP contribution in [-0.4, -0.2) is 140 Å². The second-order valence-electron chi connectivity index (χ2n) is 19.0. The van der Waals surface area contributed by atoms with Gasteiger partial charge in [0.1, 0.15) is 48.8 Å². The Morgan fingerprint density at radius 1 is 0.522 bits per heavy atom. The van der Waals surface area contributed by atoms with Gasteiger partial charge in [0.2, 0.25) is 5.91 Å². The van der Waals surface area contributed by atoms with Crippen molar-refractivity contribution in [1.29, 1.82) is 0 Å². The summed E-state index contributed by atoms with van der Waals surface area (Å²) in [6.45, 7) is 2.74. The second-order valence-corrected chi connectivity index (χ2v) is 19.0. The first-order valence-corrected chi connectivity index (χ1v) is 26.7. The van der Waals surface area contributed by atoms with Crippen LogP contribution < -0.4 is 5.32 Å². The zero-order valence-electron chi connectivity index (χ0n) is 41.6. The van der Waals surface area contributed by atoms with Crippen molar-refractivity contribution in [3.8, 4) is 0 Å². The lowest BCUT2D eigenvalue weighted by Gasteiger charge is -2.46. The quantitative estimate of drug-likeness (QED) is 0.0214. The Bertz CT molecular complexity index is 1270. The van der Waals surface area contributed by atoms with Gasteiger partial charge in [-0.25, -0.2) is 0 Å². The summed E-state index contributed by atoms with van der Waals surface area (Å²) >= 11 is 0. The van der Waals surface area contributed by atoms with Crippen molar-refractivity contribution in [2.45, 2.75) is 274 Å². The monoisotopic (exact) mass is 956 g/mol. The number of allylic oxidation sites excluding steroid dienone is 5. The Morgan fingerprint density at radius 2 is 0.955 bits per heavy atom. The zero-order chi connectivity index (χ0) is 48.9. The number of unbranched alkanes of at least 4 members (excludes halogenated alkanes) is 24. The molecule has 14 heteroatoms. The first-order valence-electron chi connectivity index (χ1n) is 26.7. The van der Waals surface area contributed by atoms with Gasteiger partial charge in [0, 0.05) is 6.42 Å². The summed E-state index contributed by atoms with van der Waals surface area (Å²) in [5.74, 6) is -0.260. The Kier molecular flexibility index (Phi) is 36.5. The number of aliphatic hydroxyl groups excluding tert-OH is 8. The van der Waals surface area contributed by atoms with Gasteiger partial charge in [0.05, 0.1) is 32.0 Å². The van der Waals surface area contributed by atoms with Crippen LogP contribution in [0.2, 0.25) is 0 Å². The maximum Gasteiger partial charge on any atom is 0.220 e. The molecule has 392 valence electrons. The maximum absolute atomic E-state index is 13.1. The highest BCUT2D eigenvalue weighted by atomic mass is 16.7. The molecule has 0 aliphatic carbocycles. The Labute approximate surface area is 404 Å². The van der Waals surface area contributed by atoms with Gasteiger partial charge in [-0.2, -0.15) is 0 Å². The molecule has 0 aromatic heterocycles. The third-order valence-corrected chi connectivity index (χ3v) is 13.0. The van der Waals surface area contributed by atoms with E-state index in [9.17, 15) is 45.6 Å². The van der Waals surface area contributed by atoms with E-state index in [1.54, 1.807) is 6.08 Å². The van der Waals surface area contributed by atoms with Crippen molar-refractivity contribution >= 4 is 5.91 Å². The summed E-state index contributed by atoms with van der Waals surface area (Å²) in [5.41, 5.74) is 0. The number of hydrogen-bond acceptors (Lipinski definition) is 13. The minimum atomic E-state index is -1.79. The van der Waals surface area contributed by atoms with Crippen LogP contribution in [0.25, 0.3) is 0 Å². The van der Waals surface area contributed by atoms with Gasteiger partial charge >= 0.3 is 0 Å². The van der Waals surface area contributed by atoms with E-state index in [1.165, 1.54) is 116 Å². The number of carbonyl (C=O) groups is 1. The number of carbonyl (C=O) groups excluding carboxylic acids is 1. The van der Waals surface area contributed by atoms with Crippen molar-refractivity contribution < 1.29 is 64.6 Å². The van der Waals surface area contributed by atoms with E-state index < -0.39 is 86.8 Å².